The number of methoxy groups -OCH3 is 1. The van der Waals surface area contributed by atoms with Crippen molar-refractivity contribution in [3.63, 3.8) is 0 Å². The third-order valence-corrected chi connectivity index (χ3v) is 6.15. The van der Waals surface area contributed by atoms with Crippen LogP contribution in [0.3, 0.4) is 0 Å². The summed E-state index contributed by atoms with van der Waals surface area (Å²) in [5.74, 6) is 0.307. The number of hydrogen-bond acceptors (Lipinski definition) is 4. The summed E-state index contributed by atoms with van der Waals surface area (Å²) in [5.41, 5.74) is 5.56. The van der Waals surface area contributed by atoms with Gasteiger partial charge in [0.05, 0.1) is 12.1 Å². The minimum Gasteiger partial charge on any atom is -0.506 e. The van der Waals surface area contributed by atoms with Crippen LogP contribution in [0.2, 0.25) is 5.02 Å². The third kappa shape index (κ3) is 3.26. The highest BCUT2D eigenvalue weighted by atomic mass is 35.5. The van der Waals surface area contributed by atoms with Crippen molar-refractivity contribution in [2.24, 2.45) is 0 Å². The summed E-state index contributed by atoms with van der Waals surface area (Å²) in [6.45, 7) is 0.965. The molecule has 1 aliphatic heterocycles. The maximum atomic E-state index is 11.5. The van der Waals surface area contributed by atoms with Gasteiger partial charge < -0.3 is 14.7 Å². The van der Waals surface area contributed by atoms with Crippen molar-refractivity contribution in [3.8, 4) is 5.75 Å². The molecule has 2 aliphatic rings. The Morgan fingerprint density at radius 3 is 2.78 bits per heavy atom. The van der Waals surface area contributed by atoms with Gasteiger partial charge in [-0.05, 0) is 72.8 Å². The van der Waals surface area contributed by atoms with Crippen molar-refractivity contribution in [2.45, 2.75) is 31.2 Å². The number of aromatic hydroxyl groups is 1. The van der Waals surface area contributed by atoms with Gasteiger partial charge >= 0.3 is 6.09 Å². The number of aryl methyl sites for hydroxylation is 1. The molecule has 1 unspecified atom stereocenters. The first-order valence-electron chi connectivity index (χ1n) is 9.17. The van der Waals surface area contributed by atoms with Gasteiger partial charge in [0, 0.05) is 24.2 Å². The van der Waals surface area contributed by atoms with Gasteiger partial charge in [-0.2, -0.15) is 0 Å². The first-order chi connectivity index (χ1) is 13.0. The van der Waals surface area contributed by atoms with Crippen LogP contribution in [-0.4, -0.2) is 42.8 Å². The lowest BCUT2D eigenvalue weighted by molar-refractivity contribution is 0.187. The molecule has 2 aromatic rings. The number of rotatable bonds is 1. The molecule has 0 radical (unpaired) electrons. The van der Waals surface area contributed by atoms with Crippen molar-refractivity contribution in [3.05, 3.63) is 57.6 Å². The van der Waals surface area contributed by atoms with Gasteiger partial charge in [0.2, 0.25) is 0 Å². The molecule has 1 amide bonds. The molecule has 4 rings (SSSR count). The lowest BCUT2D eigenvalue weighted by Gasteiger charge is -2.38. The molecule has 142 valence electrons. The number of anilines is 1. The summed E-state index contributed by atoms with van der Waals surface area (Å²) in [6.07, 6.45) is 2.42. The molecular weight excluding hydrogens is 364 g/mol. The molecule has 0 bridgehead atoms. The molecular formula is C21H23ClN2O3. The van der Waals surface area contributed by atoms with Crippen LogP contribution in [0.1, 0.15) is 34.6 Å². The van der Waals surface area contributed by atoms with E-state index in [1.54, 1.807) is 0 Å². The van der Waals surface area contributed by atoms with Gasteiger partial charge in [-0.1, -0.05) is 17.7 Å². The van der Waals surface area contributed by atoms with Crippen LogP contribution in [0.5, 0.6) is 5.75 Å². The Labute approximate surface area is 163 Å². The van der Waals surface area contributed by atoms with E-state index in [0.29, 0.717) is 11.1 Å². The molecule has 2 aromatic carbocycles. The van der Waals surface area contributed by atoms with E-state index in [1.807, 2.05) is 24.3 Å². The number of amides is 1. The zero-order valence-electron chi connectivity index (χ0n) is 15.5. The summed E-state index contributed by atoms with van der Waals surface area (Å²) < 4.78 is 4.69. The smallest absolute Gasteiger partial charge is 0.411 e. The zero-order valence-corrected chi connectivity index (χ0v) is 16.2. The van der Waals surface area contributed by atoms with E-state index in [2.05, 4.69) is 28.1 Å². The van der Waals surface area contributed by atoms with Crippen LogP contribution >= 0.6 is 11.6 Å². The fourth-order valence-corrected chi connectivity index (χ4v) is 4.67. The van der Waals surface area contributed by atoms with Gasteiger partial charge in [0.1, 0.15) is 5.75 Å². The molecule has 1 aliphatic carbocycles. The van der Waals surface area contributed by atoms with Gasteiger partial charge in [0.15, 0.2) is 0 Å². The highest BCUT2D eigenvalue weighted by Crippen LogP contribution is 2.44. The molecule has 0 saturated carbocycles. The fraction of sp³-hybridized carbons (Fsp3) is 0.381. The van der Waals surface area contributed by atoms with E-state index < -0.39 is 6.09 Å². The highest BCUT2D eigenvalue weighted by Gasteiger charge is 2.37. The number of ether oxygens (including phenoxy) is 1. The number of benzene rings is 2. The molecule has 1 heterocycles. The molecule has 2 N–H and O–H groups in total. The van der Waals surface area contributed by atoms with E-state index in [1.165, 1.54) is 23.8 Å². The number of likely N-dealkylation sites (N-methyl/N-ethyl adjacent to an activating group) is 1. The first-order valence-corrected chi connectivity index (χ1v) is 9.55. The third-order valence-electron chi connectivity index (χ3n) is 5.85. The average molecular weight is 387 g/mol. The van der Waals surface area contributed by atoms with Crippen LogP contribution in [-0.2, 0) is 17.6 Å². The van der Waals surface area contributed by atoms with Crippen molar-refractivity contribution in [1.82, 2.24) is 4.90 Å². The van der Waals surface area contributed by atoms with E-state index in [9.17, 15) is 9.90 Å². The number of phenolic OH excluding ortho intramolecular Hbond substituents is 1. The molecule has 0 aromatic heterocycles. The van der Waals surface area contributed by atoms with Gasteiger partial charge in [-0.25, -0.2) is 4.79 Å². The predicted molar refractivity (Wildman–Crippen MR) is 106 cm³/mol. The number of carbonyl (C=O) groups excluding carboxylic acids is 1. The molecule has 0 saturated heterocycles. The van der Waals surface area contributed by atoms with Gasteiger partial charge in [-0.3, -0.25) is 5.32 Å². The quantitative estimate of drug-likeness (QED) is 0.772. The Bertz CT molecular complexity index is 899. The largest absolute Gasteiger partial charge is 0.506 e. The van der Waals surface area contributed by atoms with Gasteiger partial charge in [0.25, 0.3) is 0 Å². The maximum Gasteiger partial charge on any atom is 0.411 e. The van der Waals surface area contributed by atoms with Crippen LogP contribution in [0, 0.1) is 0 Å². The van der Waals surface area contributed by atoms with Crippen LogP contribution in [0.15, 0.2) is 30.3 Å². The molecule has 27 heavy (non-hydrogen) atoms. The Hall–Kier alpha value is -2.24. The maximum absolute atomic E-state index is 11.5. The monoisotopic (exact) mass is 386 g/mol. The van der Waals surface area contributed by atoms with Crippen LogP contribution in [0.25, 0.3) is 0 Å². The van der Waals surface area contributed by atoms with Crippen LogP contribution in [0.4, 0.5) is 10.5 Å². The number of nitrogens with one attached hydrogen (secondary N) is 1. The standard InChI is InChI=1S/C21H23ClN2O3/c1-24-8-7-13-10-17(22)19(25)11-16(13)20-15-5-4-14(23-21(26)27-2)9-12(15)3-6-18(20)24/h4-5,9-11,18,20,25H,3,6-8H2,1-2H3,(H,23,26)/t18?,20-/m1/s1. The fourth-order valence-electron chi connectivity index (χ4n) is 4.49. The molecule has 0 spiro atoms. The average Bonchev–Trinajstić information content (AvgIpc) is 2.79. The summed E-state index contributed by atoms with van der Waals surface area (Å²) in [4.78, 5) is 13.9. The van der Waals surface area contributed by atoms with Crippen LogP contribution < -0.4 is 5.32 Å². The van der Waals surface area contributed by atoms with Crippen molar-refractivity contribution in [2.75, 3.05) is 26.0 Å². The SMILES string of the molecule is COC(=O)Nc1ccc2c(c1)CCC1[C@H]2c2cc(O)c(Cl)cc2CCN1C. The number of carbonyl (C=O) groups is 1. The van der Waals surface area contributed by atoms with Gasteiger partial charge in [-0.15, -0.1) is 0 Å². The summed E-state index contributed by atoms with van der Waals surface area (Å²) in [6, 6.07) is 10.2. The molecule has 0 fully saturated rings. The van der Waals surface area contributed by atoms with E-state index >= 15 is 0 Å². The molecule has 5 nitrogen and oxygen atoms in total. The summed E-state index contributed by atoms with van der Waals surface area (Å²) >= 11 is 6.18. The number of phenols is 1. The number of fused-ring (bicyclic) bond motifs is 5. The Morgan fingerprint density at radius 1 is 1.22 bits per heavy atom. The van der Waals surface area contributed by atoms with Crippen molar-refractivity contribution >= 4 is 23.4 Å². The second kappa shape index (κ2) is 7.06. The Kier molecular flexibility index (Phi) is 4.74. The normalized spacial score (nSPS) is 21.4. The van der Waals surface area contributed by atoms with E-state index in [-0.39, 0.29) is 11.7 Å². The predicted octanol–water partition coefficient (Wildman–Crippen LogP) is 4.16. The van der Waals surface area contributed by atoms with Crippen molar-refractivity contribution < 1.29 is 14.6 Å². The molecule has 2 atom stereocenters. The Balaban J connectivity index is 1.81. The second-order valence-electron chi connectivity index (χ2n) is 7.35. The zero-order chi connectivity index (χ0) is 19.1. The topological polar surface area (TPSA) is 61.8 Å². The van der Waals surface area contributed by atoms with Crippen molar-refractivity contribution in [1.29, 1.82) is 0 Å². The molecule has 6 heteroatoms. The van der Waals surface area contributed by atoms with E-state index in [4.69, 9.17) is 11.6 Å². The number of hydrogen-bond donors (Lipinski definition) is 2. The van der Waals surface area contributed by atoms with E-state index in [0.717, 1.165) is 37.1 Å². The lowest BCUT2D eigenvalue weighted by atomic mass is 9.74. The second-order valence-corrected chi connectivity index (χ2v) is 7.75. The Morgan fingerprint density at radius 2 is 2.00 bits per heavy atom. The summed E-state index contributed by atoms with van der Waals surface area (Å²) in [5, 5.41) is 13.4. The summed E-state index contributed by atoms with van der Waals surface area (Å²) in [7, 11) is 3.53. The number of halogens is 1. The minimum atomic E-state index is -0.470. The first kappa shape index (κ1) is 18.1. The minimum absolute atomic E-state index is 0.134. The number of nitrogens with zero attached hydrogens (tertiary/aromatic N) is 1. The lowest BCUT2D eigenvalue weighted by Crippen LogP contribution is -2.39. The highest BCUT2D eigenvalue weighted by molar-refractivity contribution is 6.32.